The number of carbonyl (C=O) groups excluding carboxylic acids is 2. The molecular weight excluding hydrogens is 449 g/mol. The molecule has 8 nitrogen and oxygen atoms in total. The molecule has 1 fully saturated rings. The van der Waals surface area contributed by atoms with E-state index in [9.17, 15) is 22.4 Å². The number of aromatic nitrogens is 1. The molecule has 1 aliphatic rings. The van der Waals surface area contributed by atoms with Crippen LogP contribution in [0.3, 0.4) is 0 Å². The number of rotatable bonds is 6. The fourth-order valence-electron chi connectivity index (χ4n) is 3.35. The molecular formula is C23H20FN3O5S. The van der Waals surface area contributed by atoms with E-state index < -0.39 is 27.3 Å². The van der Waals surface area contributed by atoms with Crippen LogP contribution >= 0.6 is 0 Å². The Kier molecular flexibility index (Phi) is 6.59. The highest BCUT2D eigenvalue weighted by atomic mass is 32.2. The summed E-state index contributed by atoms with van der Waals surface area (Å²) in [5.41, 5.74) is 0.805. The van der Waals surface area contributed by atoms with Crippen molar-refractivity contribution >= 4 is 27.4 Å². The molecule has 0 aliphatic carbocycles. The molecule has 1 aliphatic heterocycles. The van der Waals surface area contributed by atoms with E-state index in [-0.39, 0.29) is 37.0 Å². The van der Waals surface area contributed by atoms with E-state index in [1.54, 1.807) is 12.1 Å². The number of benzene rings is 2. The molecule has 10 heteroatoms. The summed E-state index contributed by atoms with van der Waals surface area (Å²) >= 11 is 0. The second kappa shape index (κ2) is 9.57. The van der Waals surface area contributed by atoms with Gasteiger partial charge in [-0.25, -0.2) is 12.8 Å². The minimum Gasteiger partial charge on any atom is -0.379 e. The molecule has 2 aromatic carbocycles. The van der Waals surface area contributed by atoms with Crippen molar-refractivity contribution in [3.8, 4) is 0 Å². The average molecular weight is 469 g/mol. The van der Waals surface area contributed by atoms with E-state index in [1.807, 2.05) is 0 Å². The summed E-state index contributed by atoms with van der Waals surface area (Å²) in [5.74, 6) is -1.86. The van der Waals surface area contributed by atoms with Crippen molar-refractivity contribution in [2.24, 2.45) is 0 Å². The zero-order valence-corrected chi connectivity index (χ0v) is 18.2. The molecule has 0 saturated carbocycles. The van der Waals surface area contributed by atoms with Crippen molar-refractivity contribution in [2.45, 2.75) is 4.90 Å². The van der Waals surface area contributed by atoms with Crippen LogP contribution in [0.1, 0.15) is 26.3 Å². The van der Waals surface area contributed by atoms with Gasteiger partial charge in [0.05, 0.1) is 23.7 Å². The molecule has 33 heavy (non-hydrogen) atoms. The van der Waals surface area contributed by atoms with Gasteiger partial charge >= 0.3 is 0 Å². The van der Waals surface area contributed by atoms with E-state index in [0.29, 0.717) is 16.8 Å². The number of halogens is 1. The van der Waals surface area contributed by atoms with Crippen LogP contribution < -0.4 is 5.32 Å². The smallest absolute Gasteiger partial charge is 0.258 e. The largest absolute Gasteiger partial charge is 0.379 e. The topological polar surface area (TPSA) is 106 Å². The number of nitrogens with zero attached hydrogens (tertiary/aromatic N) is 2. The number of pyridine rings is 1. The maximum atomic E-state index is 14.4. The monoisotopic (exact) mass is 469 g/mol. The predicted octanol–water partition coefficient (Wildman–Crippen LogP) is 2.72. The molecule has 3 aromatic rings. The number of anilines is 1. The third-order valence-electron chi connectivity index (χ3n) is 5.14. The number of sulfonamides is 1. The first-order valence-corrected chi connectivity index (χ1v) is 11.5. The minimum atomic E-state index is -3.88. The summed E-state index contributed by atoms with van der Waals surface area (Å²) in [6, 6.07) is 12.4. The first-order valence-electron chi connectivity index (χ1n) is 10.1. The SMILES string of the molecule is O=C(c1ccncc1)c1ccc(NC(=O)c2cc(S(=O)(=O)N3CCOCC3)ccc2F)cc1. The Morgan fingerprint density at radius 1 is 0.939 bits per heavy atom. The molecule has 0 atom stereocenters. The lowest BCUT2D eigenvalue weighted by atomic mass is 10.0. The van der Waals surface area contributed by atoms with Gasteiger partial charge in [-0.05, 0) is 54.6 Å². The lowest BCUT2D eigenvalue weighted by Gasteiger charge is -2.26. The number of amides is 1. The summed E-state index contributed by atoms with van der Waals surface area (Å²) in [7, 11) is -3.88. The van der Waals surface area contributed by atoms with Crippen molar-refractivity contribution in [1.29, 1.82) is 0 Å². The molecule has 0 radical (unpaired) electrons. The van der Waals surface area contributed by atoms with Crippen LogP contribution in [0.5, 0.6) is 0 Å². The van der Waals surface area contributed by atoms with Crippen LogP contribution in [-0.4, -0.2) is 55.7 Å². The number of morpholine rings is 1. The number of ketones is 1. The van der Waals surface area contributed by atoms with E-state index in [0.717, 1.165) is 18.2 Å². The maximum absolute atomic E-state index is 14.4. The zero-order valence-electron chi connectivity index (χ0n) is 17.4. The summed E-state index contributed by atoms with van der Waals surface area (Å²) < 4.78 is 46.4. The van der Waals surface area contributed by atoms with Crippen molar-refractivity contribution in [2.75, 3.05) is 31.6 Å². The van der Waals surface area contributed by atoms with Crippen molar-refractivity contribution in [3.63, 3.8) is 0 Å². The molecule has 1 aromatic heterocycles. The van der Waals surface area contributed by atoms with Gasteiger partial charge in [0, 0.05) is 42.3 Å². The summed E-state index contributed by atoms with van der Waals surface area (Å²) in [5, 5.41) is 2.53. The molecule has 0 unspecified atom stereocenters. The molecule has 1 saturated heterocycles. The van der Waals surface area contributed by atoms with Gasteiger partial charge in [0.1, 0.15) is 5.82 Å². The third-order valence-corrected chi connectivity index (χ3v) is 7.03. The first-order chi connectivity index (χ1) is 15.9. The average Bonchev–Trinajstić information content (AvgIpc) is 2.85. The van der Waals surface area contributed by atoms with Gasteiger partial charge in [0.15, 0.2) is 5.78 Å². The highest BCUT2D eigenvalue weighted by Crippen LogP contribution is 2.22. The second-order valence-electron chi connectivity index (χ2n) is 7.25. The number of hydrogen-bond acceptors (Lipinski definition) is 6. The molecule has 1 amide bonds. The van der Waals surface area contributed by atoms with Crippen LogP contribution in [0.4, 0.5) is 10.1 Å². The number of carbonyl (C=O) groups is 2. The van der Waals surface area contributed by atoms with Crippen LogP contribution in [-0.2, 0) is 14.8 Å². The van der Waals surface area contributed by atoms with Gasteiger partial charge in [-0.2, -0.15) is 4.31 Å². The van der Waals surface area contributed by atoms with Gasteiger partial charge in [0.25, 0.3) is 5.91 Å². The Morgan fingerprint density at radius 3 is 2.24 bits per heavy atom. The Balaban J connectivity index is 1.51. The van der Waals surface area contributed by atoms with Crippen LogP contribution in [0.15, 0.2) is 71.9 Å². The molecule has 2 heterocycles. The quantitative estimate of drug-likeness (QED) is 0.557. The van der Waals surface area contributed by atoms with E-state index in [4.69, 9.17) is 4.74 Å². The van der Waals surface area contributed by atoms with E-state index in [2.05, 4.69) is 10.3 Å². The van der Waals surface area contributed by atoms with Gasteiger partial charge < -0.3 is 10.1 Å². The Labute approximate surface area is 190 Å². The van der Waals surface area contributed by atoms with Gasteiger partial charge in [-0.3, -0.25) is 14.6 Å². The predicted molar refractivity (Wildman–Crippen MR) is 118 cm³/mol. The van der Waals surface area contributed by atoms with Gasteiger partial charge in [-0.1, -0.05) is 0 Å². The fourth-order valence-corrected chi connectivity index (χ4v) is 4.78. The highest BCUT2D eigenvalue weighted by Gasteiger charge is 2.28. The van der Waals surface area contributed by atoms with Crippen LogP contribution in [0.2, 0.25) is 0 Å². The minimum absolute atomic E-state index is 0.172. The van der Waals surface area contributed by atoms with Crippen LogP contribution in [0.25, 0.3) is 0 Å². The molecule has 1 N–H and O–H groups in total. The third kappa shape index (κ3) is 4.98. The molecule has 4 rings (SSSR count). The maximum Gasteiger partial charge on any atom is 0.258 e. The molecule has 0 bridgehead atoms. The van der Waals surface area contributed by atoms with Crippen molar-refractivity contribution < 1.29 is 27.1 Å². The molecule has 170 valence electrons. The second-order valence-corrected chi connectivity index (χ2v) is 9.19. The van der Waals surface area contributed by atoms with Crippen molar-refractivity contribution in [3.05, 3.63) is 89.5 Å². The first kappa shape index (κ1) is 22.7. The Morgan fingerprint density at radius 2 is 1.58 bits per heavy atom. The summed E-state index contributed by atoms with van der Waals surface area (Å²) in [6.45, 7) is 0.915. The summed E-state index contributed by atoms with van der Waals surface area (Å²) in [6.07, 6.45) is 3.04. The number of ether oxygens (including phenoxy) is 1. The van der Waals surface area contributed by atoms with E-state index in [1.165, 1.54) is 41.0 Å². The fraction of sp³-hybridized carbons (Fsp3) is 0.174. The highest BCUT2D eigenvalue weighted by molar-refractivity contribution is 7.89. The normalized spacial score (nSPS) is 14.6. The lowest BCUT2D eigenvalue weighted by molar-refractivity contribution is 0.0730. The summed E-state index contributed by atoms with van der Waals surface area (Å²) in [4.78, 5) is 28.9. The Bertz CT molecular complexity index is 1280. The lowest BCUT2D eigenvalue weighted by Crippen LogP contribution is -2.40. The van der Waals surface area contributed by atoms with Crippen LogP contribution in [0, 0.1) is 5.82 Å². The van der Waals surface area contributed by atoms with E-state index >= 15 is 0 Å². The Hall–Kier alpha value is -3.47. The molecule has 0 spiro atoms. The number of nitrogens with one attached hydrogen (secondary N) is 1. The van der Waals surface area contributed by atoms with Gasteiger partial charge in [-0.15, -0.1) is 0 Å². The van der Waals surface area contributed by atoms with Gasteiger partial charge in [0.2, 0.25) is 10.0 Å². The number of hydrogen-bond donors (Lipinski definition) is 1. The standard InChI is InChI=1S/C23H20FN3O5S/c24-21-6-5-19(33(30,31)27-11-13-32-14-12-27)15-20(21)23(29)26-18-3-1-16(2-4-18)22(28)17-7-9-25-10-8-17/h1-10,15H,11-14H2,(H,26,29). The van der Waals surface area contributed by atoms with Crippen molar-refractivity contribution in [1.82, 2.24) is 9.29 Å². The zero-order chi connectivity index (χ0) is 23.4.